The van der Waals surface area contributed by atoms with E-state index >= 15 is 0 Å². The van der Waals surface area contributed by atoms with E-state index in [9.17, 15) is 4.79 Å². The number of methoxy groups -OCH3 is 1. The number of benzene rings is 2. The summed E-state index contributed by atoms with van der Waals surface area (Å²) in [5.74, 6) is 1.06. The van der Waals surface area contributed by atoms with Crippen molar-refractivity contribution in [2.24, 2.45) is 0 Å². The van der Waals surface area contributed by atoms with Crippen LogP contribution in [0.15, 0.2) is 42.5 Å². The minimum atomic E-state index is -0.0869. The van der Waals surface area contributed by atoms with E-state index < -0.39 is 0 Å². The van der Waals surface area contributed by atoms with E-state index in [1.807, 2.05) is 24.3 Å². The van der Waals surface area contributed by atoms with E-state index in [0.717, 1.165) is 12.1 Å². The molecule has 144 valence electrons. The number of ether oxygens (including phenoxy) is 2. The Morgan fingerprint density at radius 1 is 1.11 bits per heavy atom. The highest BCUT2D eigenvalue weighted by molar-refractivity contribution is 6.30. The SMILES string of the molecule is COc1cc(C(=O)NCC[NH+]2CCCC2)ccc1OCc1ccc(Cl)cc1. The molecular formula is C21H26ClN2O3+. The van der Waals surface area contributed by atoms with Crippen molar-refractivity contribution in [1.29, 1.82) is 0 Å². The number of quaternary nitrogens is 1. The third kappa shape index (κ3) is 5.62. The lowest BCUT2D eigenvalue weighted by atomic mass is 10.2. The smallest absolute Gasteiger partial charge is 0.251 e. The van der Waals surface area contributed by atoms with Crippen LogP contribution in [0.2, 0.25) is 5.02 Å². The lowest BCUT2D eigenvalue weighted by Crippen LogP contribution is -3.10. The third-order valence-electron chi connectivity index (χ3n) is 4.81. The Bertz CT molecular complexity index is 759. The minimum Gasteiger partial charge on any atom is -0.493 e. The summed E-state index contributed by atoms with van der Waals surface area (Å²) in [6, 6.07) is 12.7. The number of rotatable bonds is 8. The molecule has 1 heterocycles. The molecule has 0 saturated carbocycles. The first-order chi connectivity index (χ1) is 13.2. The summed E-state index contributed by atoms with van der Waals surface area (Å²) in [4.78, 5) is 13.9. The summed E-state index contributed by atoms with van der Waals surface area (Å²) >= 11 is 5.90. The molecule has 1 saturated heterocycles. The van der Waals surface area contributed by atoms with Crippen LogP contribution in [-0.4, -0.2) is 39.2 Å². The summed E-state index contributed by atoms with van der Waals surface area (Å²) in [6.45, 7) is 4.49. The predicted molar refractivity (Wildman–Crippen MR) is 106 cm³/mol. The number of carbonyl (C=O) groups excluding carboxylic acids is 1. The summed E-state index contributed by atoms with van der Waals surface area (Å²) in [7, 11) is 1.57. The molecule has 0 radical (unpaired) electrons. The molecule has 1 aliphatic heterocycles. The molecule has 1 aliphatic rings. The maximum absolute atomic E-state index is 12.4. The van der Waals surface area contributed by atoms with Gasteiger partial charge in [0.15, 0.2) is 11.5 Å². The van der Waals surface area contributed by atoms with Crippen molar-refractivity contribution >= 4 is 17.5 Å². The molecule has 27 heavy (non-hydrogen) atoms. The van der Waals surface area contributed by atoms with E-state index in [1.165, 1.54) is 25.9 Å². The van der Waals surface area contributed by atoms with Gasteiger partial charge in [0.25, 0.3) is 5.91 Å². The molecule has 2 N–H and O–H groups in total. The number of hydrogen-bond donors (Lipinski definition) is 2. The van der Waals surface area contributed by atoms with E-state index in [1.54, 1.807) is 30.2 Å². The zero-order valence-electron chi connectivity index (χ0n) is 15.6. The molecule has 0 bridgehead atoms. The second-order valence-corrected chi connectivity index (χ2v) is 7.18. The van der Waals surface area contributed by atoms with Crippen LogP contribution in [0.3, 0.4) is 0 Å². The fraction of sp³-hybridized carbons (Fsp3) is 0.381. The van der Waals surface area contributed by atoms with Gasteiger partial charge in [0, 0.05) is 23.4 Å². The minimum absolute atomic E-state index is 0.0869. The quantitative estimate of drug-likeness (QED) is 0.728. The van der Waals surface area contributed by atoms with Gasteiger partial charge in [0.1, 0.15) is 6.61 Å². The molecule has 1 fully saturated rings. The molecule has 0 aromatic heterocycles. The topological polar surface area (TPSA) is 52.0 Å². The third-order valence-corrected chi connectivity index (χ3v) is 5.06. The van der Waals surface area contributed by atoms with Crippen molar-refractivity contribution in [3.05, 3.63) is 58.6 Å². The number of carbonyl (C=O) groups is 1. The maximum Gasteiger partial charge on any atom is 0.251 e. The molecule has 1 amide bonds. The fourth-order valence-electron chi connectivity index (χ4n) is 3.25. The first-order valence-corrected chi connectivity index (χ1v) is 9.70. The Labute approximate surface area is 165 Å². The van der Waals surface area contributed by atoms with Crippen molar-refractivity contribution in [1.82, 2.24) is 5.32 Å². The Balaban J connectivity index is 1.55. The predicted octanol–water partition coefficient (Wildman–Crippen LogP) is 2.34. The molecule has 2 aromatic rings. The molecule has 2 aromatic carbocycles. The van der Waals surface area contributed by atoms with Crippen LogP contribution >= 0.6 is 11.6 Å². The highest BCUT2D eigenvalue weighted by Crippen LogP contribution is 2.29. The van der Waals surface area contributed by atoms with Crippen LogP contribution in [0.1, 0.15) is 28.8 Å². The van der Waals surface area contributed by atoms with Crippen molar-refractivity contribution in [2.75, 3.05) is 33.3 Å². The molecule has 0 atom stereocenters. The van der Waals surface area contributed by atoms with Crippen molar-refractivity contribution in [2.45, 2.75) is 19.4 Å². The second-order valence-electron chi connectivity index (χ2n) is 6.74. The van der Waals surface area contributed by atoms with E-state index in [4.69, 9.17) is 21.1 Å². The van der Waals surface area contributed by atoms with Gasteiger partial charge in [-0.15, -0.1) is 0 Å². The fourth-order valence-corrected chi connectivity index (χ4v) is 3.38. The van der Waals surface area contributed by atoms with Gasteiger partial charge in [-0.1, -0.05) is 23.7 Å². The number of halogens is 1. The average Bonchev–Trinajstić information content (AvgIpc) is 3.21. The van der Waals surface area contributed by atoms with Gasteiger partial charge in [0.2, 0.25) is 0 Å². The van der Waals surface area contributed by atoms with E-state index in [2.05, 4.69) is 5.32 Å². The summed E-state index contributed by atoms with van der Waals surface area (Å²) in [5, 5.41) is 3.68. The molecule has 3 rings (SSSR count). The highest BCUT2D eigenvalue weighted by Gasteiger charge is 2.16. The van der Waals surface area contributed by atoms with E-state index in [0.29, 0.717) is 35.2 Å². The van der Waals surface area contributed by atoms with Crippen LogP contribution in [-0.2, 0) is 6.61 Å². The van der Waals surface area contributed by atoms with Gasteiger partial charge in [0.05, 0.1) is 33.3 Å². The van der Waals surface area contributed by atoms with Crippen molar-refractivity contribution in [3.63, 3.8) is 0 Å². The monoisotopic (exact) mass is 389 g/mol. The van der Waals surface area contributed by atoms with Crippen LogP contribution in [0.25, 0.3) is 0 Å². The van der Waals surface area contributed by atoms with Gasteiger partial charge in [-0.3, -0.25) is 4.79 Å². The zero-order chi connectivity index (χ0) is 19.1. The summed E-state index contributed by atoms with van der Waals surface area (Å²) in [6.07, 6.45) is 2.58. The Morgan fingerprint density at radius 3 is 2.56 bits per heavy atom. The van der Waals surface area contributed by atoms with Crippen molar-refractivity contribution in [3.8, 4) is 11.5 Å². The number of amides is 1. The van der Waals surface area contributed by atoms with Gasteiger partial charge in [-0.25, -0.2) is 0 Å². The second kappa shape index (κ2) is 9.62. The van der Waals surface area contributed by atoms with Crippen LogP contribution in [0.4, 0.5) is 0 Å². The summed E-state index contributed by atoms with van der Waals surface area (Å²) < 4.78 is 11.2. The zero-order valence-corrected chi connectivity index (χ0v) is 16.3. The maximum atomic E-state index is 12.4. The van der Waals surface area contributed by atoms with E-state index in [-0.39, 0.29) is 5.91 Å². The van der Waals surface area contributed by atoms with Crippen LogP contribution in [0, 0.1) is 0 Å². The molecular weight excluding hydrogens is 364 g/mol. The molecule has 0 spiro atoms. The van der Waals surface area contributed by atoms with Crippen LogP contribution < -0.4 is 19.7 Å². The van der Waals surface area contributed by atoms with Gasteiger partial charge in [-0.2, -0.15) is 0 Å². The first kappa shape index (κ1) is 19.5. The normalized spacial score (nSPS) is 14.1. The number of nitrogens with one attached hydrogen (secondary N) is 2. The van der Waals surface area contributed by atoms with Gasteiger partial charge < -0.3 is 19.7 Å². The standard InChI is InChI=1S/C21H25ClN2O3/c1-26-20-14-17(21(25)23-10-13-24-11-2-3-12-24)6-9-19(20)27-15-16-4-7-18(22)8-5-16/h4-9,14H,2-3,10-13,15H2,1H3,(H,23,25)/p+1. The lowest BCUT2D eigenvalue weighted by Gasteiger charge is -2.14. The Kier molecular flexibility index (Phi) is 6.96. The van der Waals surface area contributed by atoms with Gasteiger partial charge in [-0.05, 0) is 35.9 Å². The Hall–Kier alpha value is -2.24. The number of likely N-dealkylation sites (tertiary alicyclic amines) is 1. The molecule has 5 nitrogen and oxygen atoms in total. The lowest BCUT2D eigenvalue weighted by molar-refractivity contribution is -0.886. The molecule has 0 aliphatic carbocycles. The summed E-state index contributed by atoms with van der Waals surface area (Å²) in [5.41, 5.74) is 1.58. The largest absolute Gasteiger partial charge is 0.493 e. The van der Waals surface area contributed by atoms with Crippen molar-refractivity contribution < 1.29 is 19.2 Å². The number of hydrogen-bond acceptors (Lipinski definition) is 3. The van der Waals surface area contributed by atoms with Crippen LogP contribution in [0.5, 0.6) is 11.5 Å². The highest BCUT2D eigenvalue weighted by atomic mass is 35.5. The van der Waals surface area contributed by atoms with Gasteiger partial charge >= 0.3 is 0 Å². The first-order valence-electron chi connectivity index (χ1n) is 9.33. The average molecular weight is 390 g/mol. The molecule has 6 heteroatoms. The Morgan fingerprint density at radius 2 is 1.85 bits per heavy atom. The molecule has 0 unspecified atom stereocenters.